The lowest BCUT2D eigenvalue weighted by molar-refractivity contribution is 0.388. The molecule has 0 aliphatic rings. The number of ether oxygens (including phenoxy) is 2. The molecule has 0 amide bonds. The fourth-order valence-electron chi connectivity index (χ4n) is 1.71. The van der Waals surface area contributed by atoms with E-state index in [2.05, 4.69) is 6.07 Å². The highest BCUT2D eigenvalue weighted by molar-refractivity contribution is 5.72. The Kier molecular flexibility index (Phi) is 3.46. The van der Waals surface area contributed by atoms with Crippen LogP contribution in [0.5, 0.6) is 11.5 Å². The van der Waals surface area contributed by atoms with Crippen LogP contribution < -0.4 is 9.47 Å². The molecule has 0 aliphatic heterocycles. The Morgan fingerprint density at radius 3 is 2.44 bits per heavy atom. The Morgan fingerprint density at radius 2 is 1.78 bits per heavy atom. The lowest BCUT2D eigenvalue weighted by Gasteiger charge is -2.11. The van der Waals surface area contributed by atoms with Gasteiger partial charge in [-0.2, -0.15) is 0 Å². The summed E-state index contributed by atoms with van der Waals surface area (Å²) in [7, 11) is 2.79. The number of para-hydroxylation sites is 1. The molecule has 2 aromatic rings. The first-order valence-corrected chi connectivity index (χ1v) is 5.25. The smallest absolute Gasteiger partial charge is 0.165 e. The van der Waals surface area contributed by atoms with Gasteiger partial charge in [-0.05, 0) is 18.2 Å². The van der Waals surface area contributed by atoms with Crippen molar-refractivity contribution in [1.29, 1.82) is 0 Å². The minimum absolute atomic E-state index is 0.00431. The lowest BCUT2D eigenvalue weighted by Crippen LogP contribution is -1.94. The van der Waals surface area contributed by atoms with Gasteiger partial charge in [-0.1, -0.05) is 12.1 Å². The summed E-state index contributed by atoms with van der Waals surface area (Å²) in [6.07, 6.45) is 0. The maximum atomic E-state index is 13.8. The van der Waals surface area contributed by atoms with Gasteiger partial charge in [0.25, 0.3) is 0 Å². The molecule has 4 heteroatoms. The van der Waals surface area contributed by atoms with E-state index < -0.39 is 11.6 Å². The first kappa shape index (κ1) is 12.4. The molecule has 0 fully saturated rings. The van der Waals surface area contributed by atoms with Gasteiger partial charge in [-0.15, -0.1) is 0 Å². The molecule has 1 radical (unpaired) electrons. The molecule has 0 spiro atoms. The quantitative estimate of drug-likeness (QED) is 0.829. The molecule has 0 bridgehead atoms. The van der Waals surface area contributed by atoms with E-state index in [0.29, 0.717) is 11.3 Å². The van der Waals surface area contributed by atoms with Crippen LogP contribution in [-0.4, -0.2) is 14.2 Å². The maximum absolute atomic E-state index is 13.8. The van der Waals surface area contributed by atoms with E-state index in [1.165, 1.54) is 32.4 Å². The zero-order valence-corrected chi connectivity index (χ0v) is 9.96. The minimum atomic E-state index is -0.541. The minimum Gasteiger partial charge on any atom is -0.496 e. The standard InChI is InChI=1S/C14H11F2O2/c1-17-9-6-7-12(15)11(8-9)10-4-3-5-13(16)14(10)18-2/h3-5,7-8H,1-2H3. The molecular formula is C14H11F2O2. The number of benzene rings is 2. The van der Waals surface area contributed by atoms with Crippen LogP contribution in [0, 0.1) is 17.7 Å². The second-order valence-corrected chi connectivity index (χ2v) is 3.58. The fraction of sp³-hybridized carbons (Fsp3) is 0.143. The van der Waals surface area contributed by atoms with E-state index in [4.69, 9.17) is 9.47 Å². The van der Waals surface area contributed by atoms with E-state index in [-0.39, 0.29) is 11.3 Å². The van der Waals surface area contributed by atoms with Gasteiger partial charge in [0.2, 0.25) is 0 Å². The second kappa shape index (κ2) is 5.04. The Morgan fingerprint density at radius 1 is 1.00 bits per heavy atom. The molecule has 0 N–H and O–H groups in total. The number of hydrogen-bond acceptors (Lipinski definition) is 2. The molecule has 0 unspecified atom stereocenters. The Balaban J connectivity index is 2.64. The van der Waals surface area contributed by atoms with Gasteiger partial charge in [0.1, 0.15) is 11.6 Å². The SMILES string of the molecule is COc1[c]cc(F)c(-c2cccc(F)c2OC)c1. The average Bonchev–Trinajstić information content (AvgIpc) is 2.39. The number of methoxy groups -OCH3 is 2. The topological polar surface area (TPSA) is 18.5 Å². The predicted octanol–water partition coefficient (Wildman–Crippen LogP) is 3.45. The van der Waals surface area contributed by atoms with Crippen molar-refractivity contribution in [3.05, 3.63) is 48.0 Å². The molecule has 0 saturated heterocycles. The molecule has 18 heavy (non-hydrogen) atoms. The fourth-order valence-corrected chi connectivity index (χ4v) is 1.71. The molecule has 93 valence electrons. The number of halogens is 2. The van der Waals surface area contributed by atoms with Gasteiger partial charge in [0, 0.05) is 17.2 Å². The van der Waals surface area contributed by atoms with Gasteiger partial charge in [-0.25, -0.2) is 8.78 Å². The summed E-state index contributed by atoms with van der Waals surface area (Å²) in [5.41, 5.74) is 0.546. The van der Waals surface area contributed by atoms with E-state index in [9.17, 15) is 8.78 Å². The summed E-state index contributed by atoms with van der Waals surface area (Å²) < 4.78 is 37.3. The summed E-state index contributed by atoms with van der Waals surface area (Å²) in [5, 5.41) is 0. The van der Waals surface area contributed by atoms with Crippen LogP contribution in [0.15, 0.2) is 30.3 Å². The van der Waals surface area contributed by atoms with Crippen molar-refractivity contribution in [2.75, 3.05) is 14.2 Å². The first-order chi connectivity index (χ1) is 8.67. The number of hydrogen-bond donors (Lipinski definition) is 0. The van der Waals surface area contributed by atoms with Gasteiger partial charge in [0.05, 0.1) is 14.2 Å². The zero-order chi connectivity index (χ0) is 13.1. The highest BCUT2D eigenvalue weighted by Gasteiger charge is 2.15. The lowest BCUT2D eigenvalue weighted by atomic mass is 10.0. The summed E-state index contributed by atoms with van der Waals surface area (Å²) in [5.74, 6) is -0.678. The molecule has 0 atom stereocenters. The highest BCUT2D eigenvalue weighted by atomic mass is 19.1. The summed E-state index contributed by atoms with van der Waals surface area (Å²) >= 11 is 0. The van der Waals surface area contributed by atoms with E-state index in [1.807, 2.05) is 0 Å². The van der Waals surface area contributed by atoms with Gasteiger partial charge in [0.15, 0.2) is 11.6 Å². The average molecular weight is 249 g/mol. The van der Waals surface area contributed by atoms with Crippen molar-refractivity contribution >= 4 is 0 Å². The third-order valence-electron chi connectivity index (χ3n) is 2.56. The largest absolute Gasteiger partial charge is 0.496 e. The van der Waals surface area contributed by atoms with Crippen LogP contribution in [0.2, 0.25) is 0 Å². The zero-order valence-electron chi connectivity index (χ0n) is 9.96. The molecule has 2 rings (SSSR count). The van der Waals surface area contributed by atoms with Gasteiger partial charge >= 0.3 is 0 Å². The third kappa shape index (κ3) is 2.14. The second-order valence-electron chi connectivity index (χ2n) is 3.58. The summed E-state index contributed by atoms with van der Waals surface area (Å²) in [6, 6.07) is 9.55. The van der Waals surface area contributed by atoms with Crippen LogP contribution in [0.3, 0.4) is 0 Å². The van der Waals surface area contributed by atoms with Crippen molar-refractivity contribution in [2.24, 2.45) is 0 Å². The van der Waals surface area contributed by atoms with Crippen LogP contribution in [0.1, 0.15) is 0 Å². The van der Waals surface area contributed by atoms with Gasteiger partial charge < -0.3 is 9.47 Å². The van der Waals surface area contributed by atoms with Crippen molar-refractivity contribution in [3.8, 4) is 22.6 Å². The van der Waals surface area contributed by atoms with Crippen molar-refractivity contribution in [1.82, 2.24) is 0 Å². The predicted molar refractivity (Wildman–Crippen MR) is 63.7 cm³/mol. The Hall–Kier alpha value is -2.10. The molecule has 0 aromatic heterocycles. The van der Waals surface area contributed by atoms with E-state index in [1.54, 1.807) is 6.07 Å². The van der Waals surface area contributed by atoms with E-state index in [0.717, 1.165) is 6.07 Å². The normalized spacial score (nSPS) is 10.2. The third-order valence-corrected chi connectivity index (χ3v) is 2.56. The molecule has 2 nitrogen and oxygen atoms in total. The van der Waals surface area contributed by atoms with Crippen LogP contribution in [-0.2, 0) is 0 Å². The van der Waals surface area contributed by atoms with Crippen LogP contribution >= 0.6 is 0 Å². The van der Waals surface area contributed by atoms with Crippen molar-refractivity contribution in [2.45, 2.75) is 0 Å². The highest BCUT2D eigenvalue weighted by Crippen LogP contribution is 2.35. The van der Waals surface area contributed by atoms with Crippen molar-refractivity contribution < 1.29 is 18.3 Å². The molecule has 0 heterocycles. The van der Waals surface area contributed by atoms with Crippen LogP contribution in [0.4, 0.5) is 8.78 Å². The molecule has 0 saturated carbocycles. The molecule has 0 aliphatic carbocycles. The van der Waals surface area contributed by atoms with Crippen molar-refractivity contribution in [3.63, 3.8) is 0 Å². The monoisotopic (exact) mass is 249 g/mol. The Labute approximate surface area is 104 Å². The maximum Gasteiger partial charge on any atom is 0.165 e. The number of rotatable bonds is 3. The summed E-state index contributed by atoms with van der Waals surface area (Å²) in [4.78, 5) is 0. The molecular weight excluding hydrogens is 238 g/mol. The molecule has 2 aromatic carbocycles. The first-order valence-electron chi connectivity index (χ1n) is 5.25. The Bertz CT molecular complexity index is 568. The summed E-state index contributed by atoms with van der Waals surface area (Å²) in [6.45, 7) is 0. The van der Waals surface area contributed by atoms with Crippen LogP contribution in [0.25, 0.3) is 11.1 Å². The van der Waals surface area contributed by atoms with Gasteiger partial charge in [-0.3, -0.25) is 0 Å². The van der Waals surface area contributed by atoms with E-state index >= 15 is 0 Å².